The molecular formula is C12H13BrN2O2. The number of aromatic nitrogens is 2. The lowest BCUT2D eigenvalue weighted by atomic mass is 10.1. The first kappa shape index (κ1) is 12.0. The van der Waals surface area contributed by atoms with Crippen molar-refractivity contribution >= 4 is 15.9 Å². The molecule has 0 saturated heterocycles. The number of hydrogen-bond donors (Lipinski definition) is 1. The fraction of sp³-hybridized carbons (Fsp3) is 0.250. The highest BCUT2D eigenvalue weighted by Gasteiger charge is 2.12. The summed E-state index contributed by atoms with van der Waals surface area (Å²) in [6.07, 6.45) is 1.40. The predicted octanol–water partition coefficient (Wildman–Crippen LogP) is 2.26. The van der Waals surface area contributed by atoms with Gasteiger partial charge in [0.05, 0.1) is 11.9 Å². The molecule has 0 atom stereocenters. The molecule has 1 heterocycles. The quantitative estimate of drug-likeness (QED) is 0.877. The van der Waals surface area contributed by atoms with E-state index in [0.29, 0.717) is 5.69 Å². The van der Waals surface area contributed by atoms with Gasteiger partial charge in [0.2, 0.25) is 5.88 Å². The minimum Gasteiger partial charge on any atom is -0.493 e. The van der Waals surface area contributed by atoms with Crippen LogP contribution in [0.25, 0.3) is 5.69 Å². The Morgan fingerprint density at radius 2 is 1.76 bits per heavy atom. The third-order valence-electron chi connectivity index (χ3n) is 2.71. The number of aromatic hydroxyl groups is 1. The first-order chi connectivity index (χ1) is 7.91. The van der Waals surface area contributed by atoms with Crippen molar-refractivity contribution in [2.24, 2.45) is 7.05 Å². The average Bonchev–Trinajstić information content (AvgIpc) is 2.49. The van der Waals surface area contributed by atoms with Gasteiger partial charge in [-0.05, 0) is 37.1 Å². The molecule has 0 bridgehead atoms. The van der Waals surface area contributed by atoms with E-state index in [4.69, 9.17) is 0 Å². The zero-order chi connectivity index (χ0) is 12.7. The molecule has 90 valence electrons. The van der Waals surface area contributed by atoms with Crippen molar-refractivity contribution in [3.05, 3.63) is 44.4 Å². The molecule has 0 aliphatic carbocycles. The predicted molar refractivity (Wildman–Crippen MR) is 69.8 cm³/mol. The number of imidazole rings is 1. The smallest absolute Gasteiger partial charge is 0.335 e. The third kappa shape index (κ3) is 1.91. The van der Waals surface area contributed by atoms with E-state index in [2.05, 4.69) is 15.9 Å². The maximum Gasteiger partial charge on any atom is 0.335 e. The second kappa shape index (κ2) is 4.07. The van der Waals surface area contributed by atoms with Crippen LogP contribution in [0.5, 0.6) is 5.88 Å². The minimum atomic E-state index is -0.261. The zero-order valence-corrected chi connectivity index (χ0v) is 11.4. The number of hydrogen-bond acceptors (Lipinski definition) is 2. The van der Waals surface area contributed by atoms with Gasteiger partial charge in [-0.25, -0.2) is 9.36 Å². The maximum atomic E-state index is 11.9. The van der Waals surface area contributed by atoms with Crippen molar-refractivity contribution < 1.29 is 5.11 Å². The molecule has 0 fully saturated rings. The van der Waals surface area contributed by atoms with Crippen LogP contribution < -0.4 is 5.69 Å². The van der Waals surface area contributed by atoms with Gasteiger partial charge < -0.3 is 5.11 Å². The fourth-order valence-electron chi connectivity index (χ4n) is 1.84. The Hall–Kier alpha value is -1.49. The van der Waals surface area contributed by atoms with Crippen molar-refractivity contribution in [2.75, 3.05) is 0 Å². The molecule has 0 unspecified atom stereocenters. The first-order valence-electron chi connectivity index (χ1n) is 5.16. The number of halogens is 1. The monoisotopic (exact) mass is 296 g/mol. The molecule has 1 aromatic heterocycles. The number of benzene rings is 1. The molecule has 0 aliphatic heterocycles. The van der Waals surface area contributed by atoms with Crippen LogP contribution in [0.1, 0.15) is 11.1 Å². The highest BCUT2D eigenvalue weighted by atomic mass is 79.9. The lowest BCUT2D eigenvalue weighted by molar-refractivity contribution is 0.441. The van der Waals surface area contributed by atoms with Gasteiger partial charge in [0.25, 0.3) is 0 Å². The SMILES string of the molecule is Cc1cc(-n2c(O)cn(C)c2=O)cc(C)c1Br. The van der Waals surface area contributed by atoms with E-state index in [0.717, 1.165) is 15.6 Å². The Kier molecular flexibility index (Phi) is 2.87. The van der Waals surface area contributed by atoms with Gasteiger partial charge in [-0.3, -0.25) is 4.57 Å². The second-order valence-electron chi connectivity index (χ2n) is 4.11. The van der Waals surface area contributed by atoms with Gasteiger partial charge in [-0.2, -0.15) is 0 Å². The Morgan fingerprint density at radius 1 is 1.24 bits per heavy atom. The summed E-state index contributed by atoms with van der Waals surface area (Å²) in [5.41, 5.74) is 2.46. The fourth-order valence-corrected chi connectivity index (χ4v) is 2.07. The van der Waals surface area contributed by atoms with Gasteiger partial charge >= 0.3 is 5.69 Å². The molecule has 0 amide bonds. The van der Waals surface area contributed by atoms with Crippen molar-refractivity contribution in [1.29, 1.82) is 0 Å². The van der Waals surface area contributed by atoms with Gasteiger partial charge in [0.1, 0.15) is 0 Å². The van der Waals surface area contributed by atoms with Crippen LogP contribution in [-0.2, 0) is 7.05 Å². The van der Waals surface area contributed by atoms with E-state index in [1.54, 1.807) is 7.05 Å². The van der Waals surface area contributed by atoms with Crippen molar-refractivity contribution in [3.8, 4) is 11.6 Å². The van der Waals surface area contributed by atoms with Crippen LogP contribution >= 0.6 is 15.9 Å². The zero-order valence-electron chi connectivity index (χ0n) is 9.86. The van der Waals surface area contributed by atoms with Crippen LogP contribution in [0.4, 0.5) is 0 Å². The maximum absolute atomic E-state index is 11.9. The Bertz CT molecular complexity index is 617. The lowest BCUT2D eigenvalue weighted by Gasteiger charge is -2.08. The van der Waals surface area contributed by atoms with Gasteiger partial charge in [-0.1, -0.05) is 15.9 Å². The first-order valence-corrected chi connectivity index (χ1v) is 5.95. The summed E-state index contributed by atoms with van der Waals surface area (Å²) in [5, 5.41) is 9.75. The highest BCUT2D eigenvalue weighted by molar-refractivity contribution is 9.10. The second-order valence-corrected chi connectivity index (χ2v) is 4.90. The number of rotatable bonds is 1. The molecule has 0 spiro atoms. The minimum absolute atomic E-state index is 0.0568. The molecule has 2 rings (SSSR count). The van der Waals surface area contributed by atoms with E-state index in [1.165, 1.54) is 15.3 Å². The summed E-state index contributed by atoms with van der Waals surface area (Å²) < 4.78 is 3.65. The lowest BCUT2D eigenvalue weighted by Crippen LogP contribution is -2.20. The number of aryl methyl sites for hydroxylation is 3. The van der Waals surface area contributed by atoms with Crippen LogP contribution in [0.2, 0.25) is 0 Å². The molecule has 5 heteroatoms. The molecule has 4 nitrogen and oxygen atoms in total. The molecule has 1 N–H and O–H groups in total. The summed E-state index contributed by atoms with van der Waals surface area (Å²) in [6, 6.07) is 3.72. The molecule has 0 radical (unpaired) electrons. The molecular weight excluding hydrogens is 284 g/mol. The normalized spacial score (nSPS) is 10.8. The summed E-state index contributed by atoms with van der Waals surface area (Å²) in [7, 11) is 1.61. The molecule has 1 aromatic carbocycles. The molecule has 0 saturated carbocycles. The van der Waals surface area contributed by atoms with Crippen molar-refractivity contribution in [1.82, 2.24) is 9.13 Å². The van der Waals surface area contributed by atoms with Crippen LogP contribution in [-0.4, -0.2) is 14.2 Å². The highest BCUT2D eigenvalue weighted by Crippen LogP contribution is 2.25. The van der Waals surface area contributed by atoms with E-state index in [1.807, 2.05) is 26.0 Å². The van der Waals surface area contributed by atoms with E-state index in [9.17, 15) is 9.90 Å². The van der Waals surface area contributed by atoms with Crippen molar-refractivity contribution in [2.45, 2.75) is 13.8 Å². The summed E-state index contributed by atoms with van der Waals surface area (Å²) >= 11 is 3.47. The van der Waals surface area contributed by atoms with E-state index < -0.39 is 0 Å². The van der Waals surface area contributed by atoms with E-state index >= 15 is 0 Å². The van der Waals surface area contributed by atoms with Crippen LogP contribution in [0, 0.1) is 13.8 Å². The van der Waals surface area contributed by atoms with Gasteiger partial charge in [0, 0.05) is 11.5 Å². The molecule has 0 aliphatic rings. The van der Waals surface area contributed by atoms with Crippen LogP contribution in [0.3, 0.4) is 0 Å². The summed E-state index contributed by atoms with van der Waals surface area (Å²) in [6.45, 7) is 3.90. The largest absolute Gasteiger partial charge is 0.493 e. The topological polar surface area (TPSA) is 47.2 Å². The summed E-state index contributed by atoms with van der Waals surface area (Å²) in [5.74, 6) is -0.0568. The molecule has 2 aromatic rings. The Morgan fingerprint density at radius 3 is 2.18 bits per heavy atom. The average molecular weight is 297 g/mol. The van der Waals surface area contributed by atoms with E-state index in [-0.39, 0.29) is 11.6 Å². The standard InChI is InChI=1S/C12H13BrN2O2/c1-7-4-9(5-8(2)11(7)13)15-10(16)6-14(3)12(15)17/h4-6,16H,1-3H3. The van der Waals surface area contributed by atoms with Crippen LogP contribution in [0.15, 0.2) is 27.6 Å². The Balaban J connectivity index is 2.73. The third-order valence-corrected chi connectivity index (χ3v) is 3.96. The Labute approximate surface area is 107 Å². The van der Waals surface area contributed by atoms with Crippen molar-refractivity contribution in [3.63, 3.8) is 0 Å². The number of nitrogens with zero attached hydrogens (tertiary/aromatic N) is 2. The molecule has 17 heavy (non-hydrogen) atoms. The summed E-state index contributed by atoms with van der Waals surface area (Å²) in [4.78, 5) is 11.9. The van der Waals surface area contributed by atoms with Gasteiger partial charge in [0.15, 0.2) is 0 Å². The van der Waals surface area contributed by atoms with Gasteiger partial charge in [-0.15, -0.1) is 0 Å².